The van der Waals surface area contributed by atoms with Gasteiger partial charge >= 0.3 is 0 Å². The average Bonchev–Trinajstić information content (AvgIpc) is 2.48. The number of morpholine rings is 1. The van der Waals surface area contributed by atoms with Gasteiger partial charge in [0.1, 0.15) is 0 Å². The van der Waals surface area contributed by atoms with E-state index in [9.17, 15) is 8.42 Å². The zero-order valence-electron chi connectivity index (χ0n) is 12.9. The van der Waals surface area contributed by atoms with E-state index >= 15 is 0 Å². The molecule has 1 saturated heterocycles. The monoisotopic (exact) mass is 347 g/mol. The molecule has 1 fully saturated rings. The van der Waals surface area contributed by atoms with E-state index in [1.807, 2.05) is 13.8 Å². The molecule has 0 bridgehead atoms. The number of hydrogen-bond acceptors (Lipinski definition) is 5. The minimum absolute atomic E-state index is 0.0231. The number of pyridine rings is 1. The van der Waals surface area contributed by atoms with E-state index in [-0.39, 0.29) is 16.8 Å². The van der Waals surface area contributed by atoms with E-state index in [2.05, 4.69) is 14.6 Å². The van der Waals surface area contributed by atoms with Crippen LogP contribution in [0.4, 0.5) is 5.69 Å². The van der Waals surface area contributed by atoms with E-state index in [0.29, 0.717) is 25.4 Å². The lowest BCUT2D eigenvalue weighted by atomic mass is 10.1. The number of nitrogens with one attached hydrogen (secondary N) is 1. The molecular weight excluding hydrogens is 326 g/mol. The van der Waals surface area contributed by atoms with E-state index < -0.39 is 10.0 Å². The van der Waals surface area contributed by atoms with Crippen LogP contribution in [0, 0.1) is 0 Å². The molecular formula is C14H22ClN3O3S. The maximum Gasteiger partial charge on any atom is 0.234 e. The highest BCUT2D eigenvalue weighted by atomic mass is 35.5. The summed E-state index contributed by atoms with van der Waals surface area (Å²) in [5.41, 5.74) is 1.28. The smallest absolute Gasteiger partial charge is 0.234 e. The number of sulfonamides is 1. The fourth-order valence-electron chi connectivity index (χ4n) is 2.14. The summed E-state index contributed by atoms with van der Waals surface area (Å²) in [6, 6.07) is 1.74. The fourth-order valence-corrected chi connectivity index (χ4v) is 3.44. The SMILES string of the molecule is CC(C)c1cnc(Cl)c(NS(=O)(=O)CCN2CCOCC2)c1. The van der Waals surface area contributed by atoms with Gasteiger partial charge in [-0.1, -0.05) is 25.4 Å². The first-order chi connectivity index (χ1) is 10.4. The van der Waals surface area contributed by atoms with Crippen LogP contribution in [0.15, 0.2) is 12.3 Å². The van der Waals surface area contributed by atoms with Crippen molar-refractivity contribution in [3.63, 3.8) is 0 Å². The summed E-state index contributed by atoms with van der Waals surface area (Å²) >= 11 is 5.99. The number of ether oxygens (including phenoxy) is 1. The van der Waals surface area contributed by atoms with Gasteiger partial charge in [-0.15, -0.1) is 0 Å². The molecule has 2 heterocycles. The van der Waals surface area contributed by atoms with Crippen molar-refractivity contribution >= 4 is 27.3 Å². The Morgan fingerprint density at radius 2 is 2.09 bits per heavy atom. The molecule has 0 aliphatic carbocycles. The fraction of sp³-hybridized carbons (Fsp3) is 0.643. The molecule has 6 nitrogen and oxygen atoms in total. The number of halogens is 1. The van der Waals surface area contributed by atoms with Crippen molar-refractivity contribution in [2.75, 3.05) is 43.3 Å². The Kier molecular flexibility index (Phi) is 6.02. The topological polar surface area (TPSA) is 71.5 Å². The molecule has 0 spiro atoms. The third-order valence-electron chi connectivity index (χ3n) is 3.57. The Hall–Kier alpha value is -0.890. The van der Waals surface area contributed by atoms with Crippen LogP contribution in [0.2, 0.25) is 5.15 Å². The lowest BCUT2D eigenvalue weighted by Gasteiger charge is -2.26. The average molecular weight is 348 g/mol. The highest BCUT2D eigenvalue weighted by Gasteiger charge is 2.18. The number of rotatable bonds is 6. The van der Waals surface area contributed by atoms with Crippen LogP contribution in [0.3, 0.4) is 0 Å². The summed E-state index contributed by atoms with van der Waals surface area (Å²) in [6.07, 6.45) is 1.67. The van der Waals surface area contributed by atoms with Crippen molar-refractivity contribution < 1.29 is 13.2 Å². The second-order valence-corrected chi connectivity index (χ2v) is 7.84. The van der Waals surface area contributed by atoms with E-state index in [1.54, 1.807) is 12.3 Å². The van der Waals surface area contributed by atoms with Gasteiger partial charge < -0.3 is 4.74 Å². The third kappa shape index (κ3) is 5.08. The van der Waals surface area contributed by atoms with Gasteiger partial charge in [-0.05, 0) is 17.5 Å². The first-order valence-corrected chi connectivity index (χ1v) is 9.36. The zero-order valence-corrected chi connectivity index (χ0v) is 14.5. The van der Waals surface area contributed by atoms with Crippen LogP contribution < -0.4 is 4.72 Å². The molecule has 0 unspecified atom stereocenters. The van der Waals surface area contributed by atoms with Gasteiger partial charge in [-0.2, -0.15) is 0 Å². The van der Waals surface area contributed by atoms with Crippen molar-refractivity contribution in [1.29, 1.82) is 0 Å². The Bertz CT molecular complexity index is 601. The second-order valence-electron chi connectivity index (χ2n) is 5.64. The normalized spacial score (nSPS) is 16.9. The van der Waals surface area contributed by atoms with Gasteiger partial charge in [-0.25, -0.2) is 13.4 Å². The predicted octanol–water partition coefficient (Wildman–Crippen LogP) is 1.93. The Labute approximate surface area is 136 Å². The zero-order chi connectivity index (χ0) is 16.2. The molecule has 1 N–H and O–H groups in total. The molecule has 22 heavy (non-hydrogen) atoms. The van der Waals surface area contributed by atoms with Crippen molar-refractivity contribution in [1.82, 2.24) is 9.88 Å². The molecule has 0 aromatic carbocycles. The number of nitrogens with zero attached hydrogens (tertiary/aromatic N) is 2. The maximum absolute atomic E-state index is 12.2. The second kappa shape index (κ2) is 7.59. The van der Waals surface area contributed by atoms with E-state index in [1.165, 1.54) is 0 Å². The van der Waals surface area contributed by atoms with E-state index in [4.69, 9.17) is 16.3 Å². The summed E-state index contributed by atoms with van der Waals surface area (Å²) < 4.78 is 32.2. The third-order valence-corrected chi connectivity index (χ3v) is 5.12. The molecule has 2 rings (SSSR count). The van der Waals surface area contributed by atoms with Gasteiger partial charge in [0.2, 0.25) is 10.0 Å². The predicted molar refractivity (Wildman–Crippen MR) is 88.0 cm³/mol. The summed E-state index contributed by atoms with van der Waals surface area (Å²) in [5.74, 6) is 0.274. The van der Waals surface area contributed by atoms with Crippen LogP contribution in [-0.2, 0) is 14.8 Å². The van der Waals surface area contributed by atoms with Crippen LogP contribution in [0.1, 0.15) is 25.3 Å². The molecule has 1 aliphatic heterocycles. The molecule has 0 radical (unpaired) electrons. The van der Waals surface area contributed by atoms with Gasteiger partial charge in [0.25, 0.3) is 0 Å². The molecule has 124 valence electrons. The van der Waals surface area contributed by atoms with Crippen molar-refractivity contribution in [3.05, 3.63) is 23.0 Å². The molecule has 1 aliphatic rings. The largest absolute Gasteiger partial charge is 0.379 e. The number of anilines is 1. The van der Waals surface area contributed by atoms with Gasteiger partial charge in [0, 0.05) is 25.8 Å². The summed E-state index contributed by atoms with van der Waals surface area (Å²) in [6.45, 7) is 7.34. The first kappa shape index (κ1) is 17.5. The van der Waals surface area contributed by atoms with Gasteiger partial charge in [-0.3, -0.25) is 9.62 Å². The lowest BCUT2D eigenvalue weighted by molar-refractivity contribution is 0.0408. The molecule has 0 atom stereocenters. The van der Waals surface area contributed by atoms with Crippen molar-refractivity contribution in [3.8, 4) is 0 Å². The molecule has 0 amide bonds. The standard InChI is InChI=1S/C14H22ClN3O3S/c1-11(2)12-9-13(14(15)16-10-12)17-22(19,20)8-5-18-3-6-21-7-4-18/h9-11,17H,3-8H2,1-2H3. The number of hydrogen-bond donors (Lipinski definition) is 1. The Morgan fingerprint density at radius 1 is 1.41 bits per heavy atom. The van der Waals surface area contributed by atoms with Crippen LogP contribution >= 0.6 is 11.6 Å². The van der Waals surface area contributed by atoms with Gasteiger partial charge in [0.15, 0.2) is 5.15 Å². The Balaban J connectivity index is 2.00. The van der Waals surface area contributed by atoms with Crippen molar-refractivity contribution in [2.24, 2.45) is 0 Å². The first-order valence-electron chi connectivity index (χ1n) is 7.33. The van der Waals surface area contributed by atoms with Crippen LogP contribution in [-0.4, -0.2) is 56.9 Å². The minimum Gasteiger partial charge on any atom is -0.379 e. The minimum atomic E-state index is -3.46. The van der Waals surface area contributed by atoms with Crippen LogP contribution in [0.25, 0.3) is 0 Å². The maximum atomic E-state index is 12.2. The molecule has 0 saturated carbocycles. The van der Waals surface area contributed by atoms with Gasteiger partial charge in [0.05, 0.1) is 24.7 Å². The summed E-state index contributed by atoms with van der Waals surface area (Å²) in [4.78, 5) is 6.12. The Morgan fingerprint density at radius 3 is 2.73 bits per heavy atom. The highest BCUT2D eigenvalue weighted by molar-refractivity contribution is 7.92. The number of aromatic nitrogens is 1. The van der Waals surface area contributed by atoms with Crippen molar-refractivity contribution in [2.45, 2.75) is 19.8 Å². The lowest BCUT2D eigenvalue weighted by Crippen LogP contribution is -2.39. The summed E-state index contributed by atoms with van der Waals surface area (Å²) in [5, 5.41) is 0.166. The van der Waals surface area contributed by atoms with Crippen LogP contribution in [0.5, 0.6) is 0 Å². The molecule has 1 aromatic heterocycles. The summed E-state index contributed by atoms with van der Waals surface area (Å²) in [7, 11) is -3.46. The van der Waals surface area contributed by atoms with E-state index in [0.717, 1.165) is 18.7 Å². The molecule has 8 heteroatoms. The highest BCUT2D eigenvalue weighted by Crippen LogP contribution is 2.25. The quantitative estimate of drug-likeness (QED) is 0.796. The molecule has 1 aromatic rings.